The molecule has 1 saturated heterocycles. The third kappa shape index (κ3) is 1.77. The van der Waals surface area contributed by atoms with Gasteiger partial charge in [-0.15, -0.1) is 0 Å². The maximum atomic E-state index is 5.28. The van der Waals surface area contributed by atoms with Crippen LogP contribution in [-0.4, -0.2) is 34.6 Å². The molecule has 4 heteroatoms. The lowest BCUT2D eigenvalue weighted by atomic mass is 10.1. The highest BCUT2D eigenvalue weighted by Gasteiger charge is 2.19. The molecule has 3 nitrogen and oxygen atoms in total. The van der Waals surface area contributed by atoms with Gasteiger partial charge in [0.05, 0.1) is 0 Å². The minimum atomic E-state index is 0.602. The van der Waals surface area contributed by atoms with Crippen molar-refractivity contribution in [3.05, 3.63) is 16.7 Å². The zero-order chi connectivity index (χ0) is 10.1. The Balaban J connectivity index is 2.20. The van der Waals surface area contributed by atoms with E-state index >= 15 is 0 Å². The van der Waals surface area contributed by atoms with Crippen molar-refractivity contribution in [2.24, 2.45) is 0 Å². The van der Waals surface area contributed by atoms with Gasteiger partial charge in [-0.1, -0.05) is 0 Å². The second-order valence-corrected chi connectivity index (χ2v) is 4.53. The van der Waals surface area contributed by atoms with Gasteiger partial charge >= 0.3 is 0 Å². The van der Waals surface area contributed by atoms with Crippen molar-refractivity contribution >= 4 is 12.2 Å². The van der Waals surface area contributed by atoms with Crippen LogP contribution in [0.25, 0.3) is 0 Å². The molecule has 1 aliphatic heterocycles. The minimum absolute atomic E-state index is 0.602. The number of imidazole rings is 1. The van der Waals surface area contributed by atoms with Crippen LogP contribution in [0, 0.1) is 11.7 Å². The zero-order valence-corrected chi connectivity index (χ0v) is 9.60. The first kappa shape index (κ1) is 9.93. The second kappa shape index (κ2) is 3.87. The molecule has 0 spiro atoms. The summed E-state index contributed by atoms with van der Waals surface area (Å²) in [5.74, 6) is 0. The number of aromatic nitrogens is 2. The van der Waals surface area contributed by atoms with Gasteiger partial charge in [0, 0.05) is 17.9 Å². The molecule has 0 amide bonds. The van der Waals surface area contributed by atoms with Crippen molar-refractivity contribution in [2.45, 2.75) is 25.8 Å². The van der Waals surface area contributed by atoms with E-state index in [-0.39, 0.29) is 0 Å². The van der Waals surface area contributed by atoms with Crippen molar-refractivity contribution in [3.63, 3.8) is 0 Å². The van der Waals surface area contributed by atoms with Gasteiger partial charge in [0.25, 0.3) is 0 Å². The largest absolute Gasteiger partial charge is 0.337 e. The van der Waals surface area contributed by atoms with Crippen LogP contribution in [0.4, 0.5) is 0 Å². The summed E-state index contributed by atoms with van der Waals surface area (Å²) in [4.78, 5) is 5.49. The number of hydrogen-bond acceptors (Lipinski definition) is 2. The van der Waals surface area contributed by atoms with E-state index in [4.69, 9.17) is 12.2 Å². The molecule has 0 aliphatic carbocycles. The molecule has 0 saturated carbocycles. The Morgan fingerprint density at radius 1 is 1.43 bits per heavy atom. The number of nitrogens with zero attached hydrogens (tertiary/aromatic N) is 2. The Kier molecular flexibility index (Phi) is 2.74. The van der Waals surface area contributed by atoms with Gasteiger partial charge in [-0.3, -0.25) is 0 Å². The molecular formula is C10H17N3S. The van der Waals surface area contributed by atoms with Crippen LogP contribution in [0.5, 0.6) is 0 Å². The maximum absolute atomic E-state index is 5.28. The van der Waals surface area contributed by atoms with Gasteiger partial charge in [0.2, 0.25) is 0 Å². The Morgan fingerprint density at radius 2 is 2.07 bits per heavy atom. The van der Waals surface area contributed by atoms with E-state index in [0.717, 1.165) is 4.77 Å². The predicted octanol–water partition coefficient (Wildman–Crippen LogP) is 2.12. The van der Waals surface area contributed by atoms with E-state index in [2.05, 4.69) is 28.4 Å². The van der Waals surface area contributed by atoms with E-state index in [1.807, 2.05) is 6.20 Å². The quantitative estimate of drug-likeness (QED) is 0.719. The van der Waals surface area contributed by atoms with Crippen LogP contribution in [0.1, 0.15) is 24.6 Å². The smallest absolute Gasteiger partial charge is 0.177 e. The summed E-state index contributed by atoms with van der Waals surface area (Å²) in [6.07, 6.45) is 4.42. The lowest BCUT2D eigenvalue weighted by Crippen LogP contribution is -2.31. The number of aromatic amines is 1. The Hall–Kier alpha value is -0.610. The number of nitrogens with one attached hydrogen (secondary N) is 1. The average molecular weight is 211 g/mol. The third-order valence-electron chi connectivity index (χ3n) is 3.06. The number of likely N-dealkylation sites (tertiary alicyclic amines) is 1. The number of rotatable bonds is 1. The van der Waals surface area contributed by atoms with Crippen molar-refractivity contribution in [1.29, 1.82) is 0 Å². The molecular weight excluding hydrogens is 194 g/mol. The van der Waals surface area contributed by atoms with Crippen molar-refractivity contribution in [3.8, 4) is 0 Å². The Bertz CT molecular complexity index is 358. The molecule has 2 rings (SSSR count). The van der Waals surface area contributed by atoms with Crippen LogP contribution < -0.4 is 0 Å². The van der Waals surface area contributed by atoms with Crippen LogP contribution in [0.15, 0.2) is 6.20 Å². The van der Waals surface area contributed by atoms with Crippen LogP contribution in [-0.2, 0) is 0 Å². The molecule has 0 radical (unpaired) electrons. The Morgan fingerprint density at radius 3 is 2.57 bits per heavy atom. The number of aryl methyl sites for hydroxylation is 1. The maximum Gasteiger partial charge on any atom is 0.177 e. The summed E-state index contributed by atoms with van der Waals surface area (Å²) in [5.41, 5.74) is 1.25. The number of piperidine rings is 1. The molecule has 1 fully saturated rings. The molecule has 14 heavy (non-hydrogen) atoms. The van der Waals surface area contributed by atoms with Crippen molar-refractivity contribution in [2.75, 3.05) is 20.1 Å². The summed E-state index contributed by atoms with van der Waals surface area (Å²) in [7, 11) is 2.18. The molecule has 1 aromatic rings. The molecule has 0 bridgehead atoms. The molecule has 0 aromatic carbocycles. The molecule has 2 heterocycles. The summed E-state index contributed by atoms with van der Waals surface area (Å²) < 4.78 is 3.14. The minimum Gasteiger partial charge on any atom is -0.337 e. The monoisotopic (exact) mass is 211 g/mol. The number of H-pyrrole nitrogens is 1. The van der Waals surface area contributed by atoms with E-state index in [1.54, 1.807) is 0 Å². The Labute approximate surface area is 89.7 Å². The molecule has 78 valence electrons. The summed E-state index contributed by atoms with van der Waals surface area (Å²) in [5, 5.41) is 0. The van der Waals surface area contributed by atoms with E-state index in [1.165, 1.54) is 31.6 Å². The fraction of sp³-hybridized carbons (Fsp3) is 0.700. The van der Waals surface area contributed by atoms with E-state index in [0.29, 0.717) is 6.04 Å². The highest BCUT2D eigenvalue weighted by molar-refractivity contribution is 7.71. The van der Waals surface area contributed by atoms with Crippen LogP contribution in [0.2, 0.25) is 0 Å². The van der Waals surface area contributed by atoms with Gasteiger partial charge in [-0.05, 0) is 52.1 Å². The molecule has 0 atom stereocenters. The summed E-state index contributed by atoms with van der Waals surface area (Å²) in [6, 6.07) is 0.602. The van der Waals surface area contributed by atoms with Gasteiger partial charge < -0.3 is 14.5 Å². The molecule has 1 aliphatic rings. The lowest BCUT2D eigenvalue weighted by Gasteiger charge is -2.30. The predicted molar refractivity (Wildman–Crippen MR) is 60.1 cm³/mol. The first-order valence-electron chi connectivity index (χ1n) is 5.13. The van der Waals surface area contributed by atoms with E-state index < -0.39 is 0 Å². The van der Waals surface area contributed by atoms with Crippen molar-refractivity contribution < 1.29 is 0 Å². The second-order valence-electron chi connectivity index (χ2n) is 4.14. The lowest BCUT2D eigenvalue weighted by molar-refractivity contribution is 0.219. The van der Waals surface area contributed by atoms with Gasteiger partial charge in [0.1, 0.15) is 0 Å². The normalized spacial score (nSPS) is 20.1. The van der Waals surface area contributed by atoms with Crippen molar-refractivity contribution in [1.82, 2.24) is 14.5 Å². The van der Waals surface area contributed by atoms with Crippen LogP contribution >= 0.6 is 12.2 Å². The van der Waals surface area contributed by atoms with Gasteiger partial charge in [-0.25, -0.2) is 0 Å². The van der Waals surface area contributed by atoms with Gasteiger partial charge in [0.15, 0.2) is 4.77 Å². The highest BCUT2D eigenvalue weighted by atomic mass is 32.1. The zero-order valence-electron chi connectivity index (χ0n) is 8.79. The first-order valence-corrected chi connectivity index (χ1v) is 5.54. The first-order chi connectivity index (χ1) is 6.68. The van der Waals surface area contributed by atoms with Crippen LogP contribution in [0.3, 0.4) is 0 Å². The number of hydrogen-bond donors (Lipinski definition) is 1. The topological polar surface area (TPSA) is 24.0 Å². The molecule has 0 unspecified atom stereocenters. The standard InChI is InChI=1S/C10H17N3S/c1-8-7-11-10(14)13(8)9-3-5-12(2)6-4-9/h7,9H,3-6H2,1-2H3,(H,11,14). The van der Waals surface area contributed by atoms with E-state index in [9.17, 15) is 0 Å². The fourth-order valence-corrected chi connectivity index (χ4v) is 2.52. The SMILES string of the molecule is Cc1c[nH]c(=S)n1C1CCN(C)CC1. The third-order valence-corrected chi connectivity index (χ3v) is 3.37. The highest BCUT2D eigenvalue weighted by Crippen LogP contribution is 2.23. The molecule has 1 aromatic heterocycles. The summed E-state index contributed by atoms with van der Waals surface area (Å²) >= 11 is 5.28. The van der Waals surface area contributed by atoms with Gasteiger partial charge in [-0.2, -0.15) is 0 Å². The molecule has 1 N–H and O–H groups in total. The fourth-order valence-electron chi connectivity index (χ4n) is 2.17. The summed E-state index contributed by atoms with van der Waals surface area (Å²) in [6.45, 7) is 4.47. The average Bonchev–Trinajstić information content (AvgIpc) is 2.49.